The molecule has 0 amide bonds. The number of aliphatic hydroxyl groups excluding tert-OH is 1. The summed E-state index contributed by atoms with van der Waals surface area (Å²) in [6.07, 6.45) is -0.523. The molecule has 110 valence electrons. The van der Waals surface area contributed by atoms with Gasteiger partial charge in [0.15, 0.2) is 5.96 Å². The maximum atomic E-state index is 11.0. The SMILES string of the molecule is Cc1c(NC2=NCC(O)CN2)cc(O)cc1C(=O)O.Cl. The Balaban J connectivity index is 0.00000200. The highest BCUT2D eigenvalue weighted by Gasteiger charge is 2.16. The molecular formula is C12H16ClN3O4. The van der Waals surface area contributed by atoms with Crippen molar-refractivity contribution in [2.24, 2.45) is 4.99 Å². The maximum absolute atomic E-state index is 11.0. The third kappa shape index (κ3) is 3.52. The zero-order valence-electron chi connectivity index (χ0n) is 10.8. The van der Waals surface area contributed by atoms with Crippen molar-refractivity contribution in [3.05, 3.63) is 23.3 Å². The second-order valence-corrected chi connectivity index (χ2v) is 4.32. The zero-order chi connectivity index (χ0) is 14.0. The number of hydrogen-bond acceptors (Lipinski definition) is 6. The van der Waals surface area contributed by atoms with Gasteiger partial charge < -0.3 is 26.0 Å². The molecule has 0 aromatic heterocycles. The fourth-order valence-corrected chi connectivity index (χ4v) is 1.79. The summed E-state index contributed by atoms with van der Waals surface area (Å²) in [5, 5.41) is 33.6. The van der Waals surface area contributed by atoms with Gasteiger partial charge in [-0.3, -0.25) is 4.99 Å². The van der Waals surface area contributed by atoms with Gasteiger partial charge >= 0.3 is 5.97 Å². The number of carboxylic acid groups (broad SMARTS) is 1. The van der Waals surface area contributed by atoms with Crippen LogP contribution in [0.1, 0.15) is 15.9 Å². The average Bonchev–Trinajstić information content (AvgIpc) is 2.35. The van der Waals surface area contributed by atoms with Gasteiger partial charge in [0.2, 0.25) is 0 Å². The predicted molar refractivity (Wildman–Crippen MR) is 77.0 cm³/mol. The second-order valence-electron chi connectivity index (χ2n) is 4.32. The number of aliphatic imine (C=N–C) groups is 1. The summed E-state index contributed by atoms with van der Waals surface area (Å²) in [6, 6.07) is 2.62. The van der Waals surface area contributed by atoms with Gasteiger partial charge in [0.1, 0.15) is 5.75 Å². The number of carboxylic acids is 1. The number of carbonyl (C=O) groups is 1. The molecule has 8 heteroatoms. The molecule has 1 aliphatic rings. The smallest absolute Gasteiger partial charge is 0.336 e. The average molecular weight is 302 g/mol. The van der Waals surface area contributed by atoms with Crippen LogP contribution in [0.2, 0.25) is 0 Å². The highest BCUT2D eigenvalue weighted by molar-refractivity contribution is 5.98. The Kier molecular flexibility index (Phi) is 5.18. The number of aromatic hydroxyl groups is 1. The number of guanidine groups is 1. The number of nitrogens with one attached hydrogen (secondary N) is 2. The molecule has 1 aliphatic heterocycles. The minimum absolute atomic E-state index is 0. The molecule has 0 bridgehead atoms. The van der Waals surface area contributed by atoms with Crippen molar-refractivity contribution in [3.8, 4) is 5.75 Å². The lowest BCUT2D eigenvalue weighted by Crippen LogP contribution is -2.42. The van der Waals surface area contributed by atoms with Crippen LogP contribution < -0.4 is 10.6 Å². The number of phenols is 1. The third-order valence-corrected chi connectivity index (χ3v) is 2.84. The van der Waals surface area contributed by atoms with E-state index in [9.17, 15) is 15.0 Å². The van der Waals surface area contributed by atoms with Crippen molar-refractivity contribution in [1.82, 2.24) is 5.32 Å². The van der Waals surface area contributed by atoms with Crippen molar-refractivity contribution in [1.29, 1.82) is 0 Å². The van der Waals surface area contributed by atoms with Crippen molar-refractivity contribution in [2.45, 2.75) is 13.0 Å². The Morgan fingerprint density at radius 2 is 2.20 bits per heavy atom. The van der Waals surface area contributed by atoms with E-state index < -0.39 is 12.1 Å². The van der Waals surface area contributed by atoms with E-state index in [1.54, 1.807) is 6.92 Å². The largest absolute Gasteiger partial charge is 0.508 e. The molecule has 7 nitrogen and oxygen atoms in total. The minimum atomic E-state index is -1.11. The number of halogens is 1. The van der Waals surface area contributed by atoms with Crippen LogP contribution in [0.5, 0.6) is 5.75 Å². The molecule has 0 aliphatic carbocycles. The zero-order valence-corrected chi connectivity index (χ0v) is 11.6. The van der Waals surface area contributed by atoms with Gasteiger partial charge in [0.25, 0.3) is 0 Å². The first-order chi connectivity index (χ1) is 8.97. The van der Waals surface area contributed by atoms with Gasteiger partial charge in [-0.15, -0.1) is 12.4 Å². The van der Waals surface area contributed by atoms with Crippen LogP contribution in [0.3, 0.4) is 0 Å². The van der Waals surface area contributed by atoms with Crippen molar-refractivity contribution < 1.29 is 20.1 Å². The molecule has 5 N–H and O–H groups in total. The Labute approximate surface area is 121 Å². The molecule has 20 heavy (non-hydrogen) atoms. The fourth-order valence-electron chi connectivity index (χ4n) is 1.79. The molecule has 1 atom stereocenters. The topological polar surface area (TPSA) is 114 Å². The van der Waals surface area contributed by atoms with E-state index in [1.165, 1.54) is 12.1 Å². The number of aromatic carboxylic acids is 1. The summed E-state index contributed by atoms with van der Waals surface area (Å²) in [5.41, 5.74) is 0.986. The number of β-amino-alcohol motifs (C(OH)–C–C–N with tert-alkyl or cyclic N) is 1. The number of phenolic OH excluding ortho intramolecular Hbond substituents is 1. The molecular weight excluding hydrogens is 286 g/mol. The molecule has 1 heterocycles. The normalized spacial score (nSPS) is 17.5. The molecule has 0 spiro atoms. The molecule has 0 radical (unpaired) electrons. The van der Waals surface area contributed by atoms with Gasteiger partial charge in [0.05, 0.1) is 18.2 Å². The van der Waals surface area contributed by atoms with E-state index in [0.717, 1.165) is 0 Å². The van der Waals surface area contributed by atoms with Crippen LogP contribution in [0.4, 0.5) is 5.69 Å². The van der Waals surface area contributed by atoms with E-state index in [2.05, 4.69) is 15.6 Å². The summed E-state index contributed by atoms with van der Waals surface area (Å²) in [7, 11) is 0. The van der Waals surface area contributed by atoms with E-state index in [0.29, 0.717) is 23.8 Å². The summed E-state index contributed by atoms with van der Waals surface area (Å²) in [6.45, 7) is 2.29. The molecule has 0 saturated carbocycles. The van der Waals surface area contributed by atoms with Crippen molar-refractivity contribution >= 4 is 30.0 Å². The monoisotopic (exact) mass is 301 g/mol. The lowest BCUT2D eigenvalue weighted by molar-refractivity contribution is 0.0695. The molecule has 1 aromatic carbocycles. The number of rotatable bonds is 2. The molecule has 0 saturated heterocycles. The standard InChI is InChI=1S/C12H15N3O4.ClH/c1-6-9(11(18)19)2-7(16)3-10(6)15-12-13-4-8(17)5-14-12;/h2-3,8,16-17H,4-5H2,1H3,(H,18,19)(H2,13,14,15);1H. The molecule has 2 rings (SSSR count). The van der Waals surface area contributed by atoms with E-state index in [1.807, 2.05) is 0 Å². The van der Waals surface area contributed by atoms with Crippen LogP contribution >= 0.6 is 12.4 Å². The number of aliphatic hydroxyl groups is 1. The van der Waals surface area contributed by atoms with Crippen LogP contribution in [0.25, 0.3) is 0 Å². The minimum Gasteiger partial charge on any atom is -0.508 e. The third-order valence-electron chi connectivity index (χ3n) is 2.84. The van der Waals surface area contributed by atoms with Crippen LogP contribution in [0, 0.1) is 6.92 Å². The number of anilines is 1. The summed E-state index contributed by atoms with van der Waals surface area (Å²) < 4.78 is 0. The lowest BCUT2D eigenvalue weighted by atomic mass is 10.1. The Morgan fingerprint density at radius 3 is 2.75 bits per heavy atom. The van der Waals surface area contributed by atoms with Gasteiger partial charge in [0, 0.05) is 18.3 Å². The maximum Gasteiger partial charge on any atom is 0.336 e. The predicted octanol–water partition coefficient (Wildman–Crippen LogP) is 0.553. The van der Waals surface area contributed by atoms with Gasteiger partial charge in [-0.1, -0.05) is 0 Å². The first-order valence-electron chi connectivity index (χ1n) is 5.77. The molecule has 1 aromatic rings. The summed E-state index contributed by atoms with van der Waals surface area (Å²) in [4.78, 5) is 15.1. The first kappa shape index (κ1) is 16.1. The fraction of sp³-hybridized carbons (Fsp3) is 0.333. The Bertz CT molecular complexity index is 548. The number of nitrogens with zero attached hydrogens (tertiary/aromatic N) is 1. The summed E-state index contributed by atoms with van der Waals surface area (Å²) >= 11 is 0. The van der Waals surface area contributed by atoms with E-state index in [-0.39, 0.29) is 30.3 Å². The van der Waals surface area contributed by atoms with E-state index >= 15 is 0 Å². The Morgan fingerprint density at radius 1 is 1.50 bits per heavy atom. The van der Waals surface area contributed by atoms with Crippen molar-refractivity contribution in [3.63, 3.8) is 0 Å². The summed E-state index contributed by atoms with van der Waals surface area (Å²) in [5.74, 6) is -0.803. The van der Waals surface area contributed by atoms with Gasteiger partial charge in [-0.25, -0.2) is 4.79 Å². The molecule has 1 unspecified atom stereocenters. The number of hydrogen-bond donors (Lipinski definition) is 5. The van der Waals surface area contributed by atoms with Gasteiger partial charge in [-0.2, -0.15) is 0 Å². The van der Waals surface area contributed by atoms with Gasteiger partial charge in [-0.05, 0) is 18.6 Å². The second kappa shape index (κ2) is 6.44. The first-order valence-corrected chi connectivity index (χ1v) is 5.77. The highest BCUT2D eigenvalue weighted by atomic mass is 35.5. The van der Waals surface area contributed by atoms with Crippen LogP contribution in [-0.2, 0) is 0 Å². The lowest BCUT2D eigenvalue weighted by Gasteiger charge is -2.21. The van der Waals surface area contributed by atoms with Crippen LogP contribution in [-0.4, -0.2) is 46.4 Å². The quantitative estimate of drug-likeness (QED) is 0.545. The van der Waals surface area contributed by atoms with E-state index in [4.69, 9.17) is 5.11 Å². The highest BCUT2D eigenvalue weighted by Crippen LogP contribution is 2.25. The molecule has 0 fully saturated rings. The number of benzene rings is 1. The Hall–Kier alpha value is -1.99. The van der Waals surface area contributed by atoms with Crippen LogP contribution in [0.15, 0.2) is 17.1 Å². The van der Waals surface area contributed by atoms with Crippen molar-refractivity contribution in [2.75, 3.05) is 18.4 Å².